The predicted molar refractivity (Wildman–Crippen MR) is 201 cm³/mol. The van der Waals surface area contributed by atoms with E-state index in [2.05, 4.69) is 78.4 Å². The highest BCUT2D eigenvalue weighted by atomic mass is 79.9. The monoisotopic (exact) mass is 732 g/mol. The normalized spacial score (nSPS) is 18.3. The fourth-order valence-electron chi connectivity index (χ4n) is 7.29. The van der Waals surface area contributed by atoms with Gasteiger partial charge in [-0.1, -0.05) is 6.07 Å². The van der Waals surface area contributed by atoms with Crippen LogP contribution in [-0.2, 0) is 4.57 Å². The average Bonchev–Trinajstić information content (AvgIpc) is 3.92. The first-order valence-corrected chi connectivity index (χ1v) is 20.4. The van der Waals surface area contributed by atoms with E-state index in [9.17, 15) is 4.57 Å². The zero-order valence-corrected chi connectivity index (χ0v) is 31.1. The maximum Gasteiger partial charge on any atom is 0.229 e. The molecule has 3 fully saturated rings. The smallest absolute Gasteiger partial charge is 0.229 e. The first-order valence-electron chi connectivity index (χ1n) is 17.0. The van der Waals surface area contributed by atoms with Gasteiger partial charge in [-0.25, -0.2) is 4.98 Å². The number of nitrogens with zero attached hydrogens (tertiary/aromatic N) is 6. The third kappa shape index (κ3) is 7.06. The van der Waals surface area contributed by atoms with Gasteiger partial charge in [-0.3, -0.25) is 9.88 Å². The molecule has 12 heteroatoms. The largest absolute Gasteiger partial charge is 0.494 e. The number of ether oxygens (including phenoxy) is 1. The molecule has 48 heavy (non-hydrogen) atoms. The van der Waals surface area contributed by atoms with Crippen molar-refractivity contribution in [2.24, 2.45) is 0 Å². The summed E-state index contributed by atoms with van der Waals surface area (Å²) in [4.78, 5) is 21.9. The van der Waals surface area contributed by atoms with Crippen molar-refractivity contribution in [3.63, 3.8) is 0 Å². The van der Waals surface area contributed by atoms with E-state index in [1.807, 2.05) is 18.2 Å². The summed E-state index contributed by atoms with van der Waals surface area (Å²) in [6.07, 6.45) is 6.43. The van der Waals surface area contributed by atoms with Crippen LogP contribution in [0.5, 0.6) is 5.75 Å². The molecule has 1 saturated carbocycles. The van der Waals surface area contributed by atoms with Crippen molar-refractivity contribution in [3.8, 4) is 5.75 Å². The molecule has 0 unspecified atom stereocenters. The summed E-state index contributed by atoms with van der Waals surface area (Å²) in [5, 5.41) is 8.54. The van der Waals surface area contributed by atoms with Crippen LogP contribution in [0.15, 0.2) is 47.1 Å². The number of anilines is 5. The number of benzene rings is 2. The molecule has 2 aromatic heterocycles. The number of aromatic nitrogens is 3. The lowest BCUT2D eigenvalue weighted by Crippen LogP contribution is -2.52. The summed E-state index contributed by atoms with van der Waals surface area (Å²) in [5.74, 6) is 2.41. The molecule has 3 aliphatic rings. The zero-order valence-electron chi connectivity index (χ0n) is 28.6. The lowest BCUT2D eigenvalue weighted by atomic mass is 10.00. The van der Waals surface area contributed by atoms with Crippen molar-refractivity contribution in [2.75, 3.05) is 82.3 Å². The minimum atomic E-state index is -2.69. The number of fused-ring (bicyclic) bond motifs is 1. The van der Waals surface area contributed by atoms with Crippen molar-refractivity contribution in [1.29, 1.82) is 0 Å². The van der Waals surface area contributed by atoms with Crippen molar-refractivity contribution < 1.29 is 9.30 Å². The van der Waals surface area contributed by atoms with Gasteiger partial charge in [0, 0.05) is 85.6 Å². The predicted octanol–water partition coefficient (Wildman–Crippen LogP) is 6.93. The Kier molecular flexibility index (Phi) is 9.41. The summed E-state index contributed by atoms with van der Waals surface area (Å²) >= 11 is 3.62. The summed E-state index contributed by atoms with van der Waals surface area (Å²) in [6.45, 7) is 12.4. The van der Waals surface area contributed by atoms with Gasteiger partial charge in [-0.15, -0.1) is 0 Å². The molecule has 0 amide bonds. The Hall–Kier alpha value is -3.24. The van der Waals surface area contributed by atoms with Gasteiger partial charge in [0.15, 0.2) is 0 Å². The molecule has 2 aliphatic heterocycles. The zero-order chi connectivity index (χ0) is 33.6. The molecule has 0 atom stereocenters. The van der Waals surface area contributed by atoms with Crippen LogP contribution in [0, 0.1) is 6.92 Å². The number of piperazine rings is 1. The molecular formula is C36H46BrN8O2P. The van der Waals surface area contributed by atoms with Crippen molar-refractivity contribution >= 4 is 68.1 Å². The van der Waals surface area contributed by atoms with E-state index in [1.165, 1.54) is 25.9 Å². The molecule has 2 saturated heterocycles. The number of aryl methyl sites for hydroxylation is 1. The maximum absolute atomic E-state index is 13.7. The Morgan fingerprint density at radius 3 is 2.38 bits per heavy atom. The van der Waals surface area contributed by atoms with Gasteiger partial charge >= 0.3 is 0 Å². The summed E-state index contributed by atoms with van der Waals surface area (Å²) in [7, 11) is 1.27. The standard InChI is InChI=1S/C36H46BrN8O2P/c1-23-20-25(21-32(47-3)33(23)45-14-12-26(13-15-45)44-18-16-43(2)17-19-44)39-36-38-22-28(37)35(42-36)41-31-11-10-30-27(34(31)48(4,5)46)8-9-29(40-30)24-6-7-24/h8-11,20-22,24,26H,6-7,12-19H2,1-5H3,(H2,38,39,41,42). The minimum Gasteiger partial charge on any atom is -0.494 e. The molecule has 1 aliphatic carbocycles. The third-order valence-electron chi connectivity index (χ3n) is 9.97. The Morgan fingerprint density at radius 1 is 0.938 bits per heavy atom. The Labute approximate surface area is 292 Å². The number of pyridine rings is 1. The van der Waals surface area contributed by atoms with Crippen LogP contribution < -0.4 is 25.6 Å². The van der Waals surface area contributed by atoms with Crippen molar-refractivity contribution in [2.45, 2.75) is 44.6 Å². The van der Waals surface area contributed by atoms with E-state index in [4.69, 9.17) is 14.7 Å². The highest BCUT2D eigenvalue weighted by Crippen LogP contribution is 2.44. The second-order valence-electron chi connectivity index (χ2n) is 13.9. The van der Waals surface area contributed by atoms with E-state index in [1.54, 1.807) is 26.6 Å². The molecule has 254 valence electrons. The fraction of sp³-hybridized carbons (Fsp3) is 0.472. The molecule has 0 spiro atoms. The number of halogens is 1. The number of piperidine rings is 1. The number of hydrogen-bond donors (Lipinski definition) is 2. The third-order valence-corrected chi connectivity index (χ3v) is 12.1. The van der Waals surface area contributed by atoms with Crippen LogP contribution in [-0.4, -0.2) is 97.5 Å². The highest BCUT2D eigenvalue weighted by molar-refractivity contribution is 9.10. The first kappa shape index (κ1) is 33.3. The second-order valence-corrected chi connectivity index (χ2v) is 17.9. The number of nitrogens with one attached hydrogen (secondary N) is 2. The Balaban J connectivity index is 1.10. The van der Waals surface area contributed by atoms with Gasteiger partial charge < -0.3 is 29.7 Å². The van der Waals surface area contributed by atoms with Crippen LogP contribution >= 0.6 is 23.1 Å². The molecule has 2 aromatic carbocycles. The average molecular weight is 734 g/mol. The van der Waals surface area contributed by atoms with Gasteiger partial charge in [0.05, 0.1) is 28.5 Å². The topological polar surface area (TPSA) is 98.7 Å². The molecule has 10 nitrogen and oxygen atoms in total. The van der Waals surface area contributed by atoms with E-state index in [0.717, 1.165) is 89.3 Å². The molecule has 7 rings (SSSR count). The van der Waals surface area contributed by atoms with Gasteiger partial charge in [-0.05, 0) is 98.7 Å². The number of hydrogen-bond acceptors (Lipinski definition) is 10. The fourth-order valence-corrected chi connectivity index (χ4v) is 9.06. The maximum atomic E-state index is 13.7. The SMILES string of the molecule is COc1cc(Nc2ncc(Br)c(Nc3ccc4nc(C5CC5)ccc4c3P(C)(C)=O)n2)cc(C)c1N1CCC(N2CCN(C)CC2)CC1. The Morgan fingerprint density at radius 2 is 1.69 bits per heavy atom. The molecule has 0 radical (unpaired) electrons. The van der Waals surface area contributed by atoms with E-state index in [-0.39, 0.29) is 0 Å². The summed E-state index contributed by atoms with van der Waals surface area (Å²) in [6, 6.07) is 13.0. The summed E-state index contributed by atoms with van der Waals surface area (Å²) in [5.41, 5.74) is 5.90. The van der Waals surface area contributed by atoms with Crippen molar-refractivity contribution in [3.05, 3.63) is 58.3 Å². The van der Waals surface area contributed by atoms with E-state index >= 15 is 0 Å². The highest BCUT2D eigenvalue weighted by Gasteiger charge is 2.29. The Bertz CT molecular complexity index is 1860. The van der Waals surface area contributed by atoms with Gasteiger partial charge in [0.1, 0.15) is 18.7 Å². The van der Waals surface area contributed by atoms with Crippen LogP contribution in [0.3, 0.4) is 0 Å². The van der Waals surface area contributed by atoms with Crippen LogP contribution in [0.2, 0.25) is 0 Å². The molecule has 0 bridgehead atoms. The van der Waals surface area contributed by atoms with Gasteiger partial charge in [0.25, 0.3) is 0 Å². The van der Waals surface area contributed by atoms with Gasteiger partial charge in [-0.2, -0.15) is 4.98 Å². The lowest BCUT2D eigenvalue weighted by Gasteiger charge is -2.43. The quantitative estimate of drug-likeness (QED) is 0.176. The number of methoxy groups -OCH3 is 1. The molecule has 2 N–H and O–H groups in total. The second kappa shape index (κ2) is 13.6. The molecule has 4 aromatic rings. The van der Waals surface area contributed by atoms with E-state index < -0.39 is 7.14 Å². The van der Waals surface area contributed by atoms with Crippen LogP contribution in [0.4, 0.5) is 28.8 Å². The number of likely N-dealkylation sites (N-methyl/N-ethyl adjacent to an activating group) is 1. The summed E-state index contributed by atoms with van der Waals surface area (Å²) < 4.78 is 20.3. The van der Waals surface area contributed by atoms with Crippen molar-refractivity contribution in [1.82, 2.24) is 24.8 Å². The van der Waals surface area contributed by atoms with Crippen LogP contribution in [0.25, 0.3) is 10.9 Å². The molecular weight excluding hydrogens is 687 g/mol. The van der Waals surface area contributed by atoms with Gasteiger partial charge in [0.2, 0.25) is 5.95 Å². The number of rotatable bonds is 9. The van der Waals surface area contributed by atoms with E-state index in [0.29, 0.717) is 28.2 Å². The first-order chi connectivity index (χ1) is 23.1. The lowest BCUT2D eigenvalue weighted by molar-refractivity contribution is 0.0981. The molecule has 4 heterocycles. The minimum absolute atomic E-state index is 0.442. The van der Waals surface area contributed by atoms with Crippen LogP contribution in [0.1, 0.15) is 42.9 Å².